The average Bonchev–Trinajstić information content (AvgIpc) is 3.01. The van der Waals surface area contributed by atoms with Crippen molar-refractivity contribution in [1.82, 2.24) is 0 Å². The van der Waals surface area contributed by atoms with Gasteiger partial charge in [-0.15, -0.1) is 0 Å². The molecule has 3 rings (SSSR count). The number of allylic oxidation sites excluding steroid dienone is 9. The van der Waals surface area contributed by atoms with Gasteiger partial charge in [0, 0.05) is 42.8 Å². The van der Waals surface area contributed by atoms with Crippen LogP contribution in [-0.2, 0) is 0 Å². The van der Waals surface area contributed by atoms with Gasteiger partial charge in [0.15, 0.2) is 0 Å². The van der Waals surface area contributed by atoms with Crippen molar-refractivity contribution >= 4 is 17.1 Å². The quantitative estimate of drug-likeness (QED) is 0.432. The summed E-state index contributed by atoms with van der Waals surface area (Å²) in [6.45, 7) is 6.64. The second-order valence-corrected chi connectivity index (χ2v) is 7.25. The number of nitrogens with zero attached hydrogens (tertiary/aromatic N) is 2. The number of rotatable bonds is 8. The molecule has 0 unspecified atom stereocenters. The molecular weight excluding hydrogens is 364 g/mol. The molecule has 0 saturated heterocycles. The summed E-state index contributed by atoms with van der Waals surface area (Å²) in [5.41, 5.74) is 6.09. The van der Waals surface area contributed by atoms with Crippen LogP contribution in [0.3, 0.4) is 0 Å². The molecule has 0 N–H and O–H groups in total. The van der Waals surface area contributed by atoms with Crippen LogP contribution in [0.4, 0.5) is 17.1 Å². The van der Waals surface area contributed by atoms with E-state index in [1.807, 2.05) is 18.2 Å². The first-order valence-corrected chi connectivity index (χ1v) is 10.3. The normalized spacial score (nSPS) is 13.8. The molecule has 152 valence electrons. The second-order valence-electron chi connectivity index (χ2n) is 7.25. The van der Waals surface area contributed by atoms with Crippen LogP contribution in [0.15, 0.2) is 127 Å². The van der Waals surface area contributed by atoms with E-state index in [2.05, 4.69) is 115 Å². The van der Waals surface area contributed by atoms with Crippen LogP contribution >= 0.6 is 0 Å². The molecular formula is C28H30N2. The van der Waals surface area contributed by atoms with Crippen LogP contribution in [0.25, 0.3) is 0 Å². The molecule has 0 atom stereocenters. The highest BCUT2D eigenvalue weighted by Gasteiger charge is 2.11. The zero-order valence-electron chi connectivity index (χ0n) is 17.9. The predicted molar refractivity (Wildman–Crippen MR) is 132 cm³/mol. The van der Waals surface area contributed by atoms with Crippen LogP contribution < -0.4 is 9.80 Å². The number of benzene rings is 2. The molecule has 2 aromatic rings. The lowest BCUT2D eigenvalue weighted by Crippen LogP contribution is -2.18. The van der Waals surface area contributed by atoms with Gasteiger partial charge in [0.1, 0.15) is 0 Å². The third-order valence-corrected chi connectivity index (χ3v) is 5.05. The number of para-hydroxylation sites is 1. The lowest BCUT2D eigenvalue weighted by Gasteiger charge is -2.26. The van der Waals surface area contributed by atoms with E-state index in [0.717, 1.165) is 13.0 Å². The minimum atomic E-state index is 0.792. The maximum Gasteiger partial charge on any atom is 0.0415 e. The Bertz CT molecular complexity index is 973. The first kappa shape index (κ1) is 21.2. The van der Waals surface area contributed by atoms with Crippen molar-refractivity contribution in [2.45, 2.75) is 13.3 Å². The van der Waals surface area contributed by atoms with Gasteiger partial charge in [-0.05, 0) is 55.0 Å². The summed E-state index contributed by atoms with van der Waals surface area (Å²) in [7, 11) is 2.14. The Hall–Kier alpha value is -3.52. The monoisotopic (exact) mass is 394 g/mol. The highest BCUT2D eigenvalue weighted by molar-refractivity contribution is 5.67. The van der Waals surface area contributed by atoms with Gasteiger partial charge < -0.3 is 9.80 Å². The average molecular weight is 395 g/mol. The van der Waals surface area contributed by atoms with Crippen molar-refractivity contribution in [2.24, 2.45) is 0 Å². The number of hydrogen-bond donors (Lipinski definition) is 0. The van der Waals surface area contributed by atoms with Crippen molar-refractivity contribution in [3.8, 4) is 0 Å². The Morgan fingerprint density at radius 1 is 0.900 bits per heavy atom. The van der Waals surface area contributed by atoms with E-state index in [1.54, 1.807) is 6.08 Å². The van der Waals surface area contributed by atoms with Gasteiger partial charge in [0.05, 0.1) is 0 Å². The van der Waals surface area contributed by atoms with Crippen LogP contribution in [0, 0.1) is 0 Å². The van der Waals surface area contributed by atoms with Crippen molar-refractivity contribution in [3.63, 3.8) is 0 Å². The second kappa shape index (κ2) is 10.9. The summed E-state index contributed by atoms with van der Waals surface area (Å²) >= 11 is 0. The molecule has 0 bridgehead atoms. The molecule has 2 aromatic carbocycles. The third-order valence-electron chi connectivity index (χ3n) is 5.05. The summed E-state index contributed by atoms with van der Waals surface area (Å²) in [5, 5.41) is 0. The highest BCUT2D eigenvalue weighted by Crippen LogP contribution is 2.29. The van der Waals surface area contributed by atoms with E-state index in [9.17, 15) is 0 Å². The van der Waals surface area contributed by atoms with Gasteiger partial charge in [0.25, 0.3) is 0 Å². The van der Waals surface area contributed by atoms with Crippen molar-refractivity contribution < 1.29 is 0 Å². The van der Waals surface area contributed by atoms with Crippen LogP contribution in [0.2, 0.25) is 0 Å². The molecule has 1 aliphatic rings. The molecule has 0 fully saturated rings. The fourth-order valence-electron chi connectivity index (χ4n) is 3.39. The number of anilines is 3. The Balaban J connectivity index is 1.82. The van der Waals surface area contributed by atoms with Crippen LogP contribution in [0.5, 0.6) is 0 Å². The van der Waals surface area contributed by atoms with Crippen molar-refractivity contribution in [1.29, 1.82) is 0 Å². The molecule has 0 amide bonds. The standard InChI is InChI=1S/C28H30N2/c1-4-5-6-7-13-22-30(26-15-9-8-10-16-26)27-20-18-25(19-21-27)29(3)28-17-12-11-14-24(2)23-28/h4-16,18-21,23H,1,17,22H2,2-3H3/b6-5-,13-7-. The Kier molecular flexibility index (Phi) is 7.68. The van der Waals surface area contributed by atoms with E-state index < -0.39 is 0 Å². The maximum atomic E-state index is 3.71. The molecule has 0 aromatic heterocycles. The van der Waals surface area contributed by atoms with Gasteiger partial charge in [0.2, 0.25) is 0 Å². The van der Waals surface area contributed by atoms with E-state index >= 15 is 0 Å². The molecule has 0 saturated carbocycles. The van der Waals surface area contributed by atoms with E-state index in [1.165, 1.54) is 28.3 Å². The third kappa shape index (κ3) is 5.74. The lowest BCUT2D eigenvalue weighted by molar-refractivity contribution is 1.02. The molecule has 30 heavy (non-hydrogen) atoms. The van der Waals surface area contributed by atoms with Gasteiger partial charge in [-0.2, -0.15) is 0 Å². The SMILES string of the molecule is C=C/C=C\C=C/CN(c1ccccc1)c1ccc(N(C)C2=CC(C)=CC=CC2)cc1. The fraction of sp³-hybridized carbons (Fsp3) is 0.143. The summed E-state index contributed by atoms with van der Waals surface area (Å²) in [5.74, 6) is 0. The van der Waals surface area contributed by atoms with Crippen LogP contribution in [0.1, 0.15) is 13.3 Å². The summed E-state index contributed by atoms with van der Waals surface area (Å²) in [4.78, 5) is 4.58. The molecule has 1 aliphatic carbocycles. The first-order chi connectivity index (χ1) is 14.7. The minimum absolute atomic E-state index is 0.792. The lowest BCUT2D eigenvalue weighted by atomic mass is 10.1. The van der Waals surface area contributed by atoms with E-state index in [0.29, 0.717) is 0 Å². The largest absolute Gasteiger partial charge is 0.348 e. The molecule has 2 heteroatoms. The van der Waals surface area contributed by atoms with Crippen molar-refractivity contribution in [2.75, 3.05) is 23.4 Å². The minimum Gasteiger partial charge on any atom is -0.348 e. The topological polar surface area (TPSA) is 6.48 Å². The number of hydrogen-bond acceptors (Lipinski definition) is 2. The van der Waals surface area contributed by atoms with Crippen LogP contribution in [-0.4, -0.2) is 13.6 Å². The summed E-state index contributed by atoms with van der Waals surface area (Å²) in [6.07, 6.45) is 19.6. The van der Waals surface area contributed by atoms with E-state index in [-0.39, 0.29) is 0 Å². The van der Waals surface area contributed by atoms with E-state index in [4.69, 9.17) is 0 Å². The summed E-state index contributed by atoms with van der Waals surface area (Å²) in [6, 6.07) is 19.3. The molecule has 0 heterocycles. The Morgan fingerprint density at radius 3 is 2.33 bits per heavy atom. The molecule has 0 radical (unpaired) electrons. The maximum absolute atomic E-state index is 3.71. The Labute approximate surface area is 181 Å². The zero-order chi connectivity index (χ0) is 21.2. The predicted octanol–water partition coefficient (Wildman–Crippen LogP) is 7.35. The summed E-state index contributed by atoms with van der Waals surface area (Å²) < 4.78 is 0. The van der Waals surface area contributed by atoms with Crippen molar-refractivity contribution in [3.05, 3.63) is 127 Å². The molecule has 0 aliphatic heterocycles. The Morgan fingerprint density at radius 2 is 1.60 bits per heavy atom. The fourth-order valence-corrected chi connectivity index (χ4v) is 3.39. The molecule has 0 spiro atoms. The highest BCUT2D eigenvalue weighted by atomic mass is 15.1. The first-order valence-electron chi connectivity index (χ1n) is 10.3. The smallest absolute Gasteiger partial charge is 0.0415 e. The van der Waals surface area contributed by atoms with Gasteiger partial charge in [-0.25, -0.2) is 0 Å². The zero-order valence-corrected chi connectivity index (χ0v) is 17.9. The van der Waals surface area contributed by atoms with Gasteiger partial charge in [-0.1, -0.05) is 73.4 Å². The molecule has 2 nitrogen and oxygen atoms in total. The van der Waals surface area contributed by atoms with Gasteiger partial charge >= 0.3 is 0 Å². The van der Waals surface area contributed by atoms with Gasteiger partial charge in [-0.3, -0.25) is 0 Å².